The minimum Gasteiger partial charge on any atom is -0.326 e. The minimum absolute atomic E-state index is 0.0219. The number of ketones is 2. The van der Waals surface area contributed by atoms with Crippen molar-refractivity contribution in [2.24, 2.45) is 0 Å². The van der Waals surface area contributed by atoms with Gasteiger partial charge in [0.15, 0.2) is 5.78 Å². The van der Waals surface area contributed by atoms with E-state index in [0.717, 1.165) is 15.3 Å². The van der Waals surface area contributed by atoms with Crippen LogP contribution in [-0.2, 0) is 9.59 Å². The van der Waals surface area contributed by atoms with E-state index in [-0.39, 0.29) is 43.2 Å². The van der Waals surface area contributed by atoms with Crippen LogP contribution in [0.5, 0.6) is 0 Å². The molecule has 0 fully saturated rings. The van der Waals surface area contributed by atoms with Gasteiger partial charge in [-0.2, -0.15) is 0 Å². The Bertz CT molecular complexity index is 1100. The quantitative estimate of drug-likeness (QED) is 0.377. The molecule has 6 heteroatoms. The highest BCUT2D eigenvalue weighted by Gasteiger charge is 2.12. The molecule has 3 aromatic rings. The Morgan fingerprint density at radius 1 is 0.933 bits per heavy atom. The summed E-state index contributed by atoms with van der Waals surface area (Å²) < 4.78 is 0. The third kappa shape index (κ3) is 6.80. The van der Waals surface area contributed by atoms with Gasteiger partial charge in [-0.15, -0.1) is 22.7 Å². The van der Waals surface area contributed by atoms with Gasteiger partial charge in [0, 0.05) is 41.8 Å². The summed E-state index contributed by atoms with van der Waals surface area (Å²) in [5, 5.41) is 4.78. The van der Waals surface area contributed by atoms with Crippen LogP contribution in [0.1, 0.15) is 50.7 Å². The van der Waals surface area contributed by atoms with E-state index in [4.69, 9.17) is 0 Å². The number of thiophene rings is 2. The van der Waals surface area contributed by atoms with Gasteiger partial charge in [0.2, 0.25) is 5.91 Å². The number of Topliss-reactive ketones (excluding diaryl/α,β-unsaturated/α-hetero) is 2. The number of carbonyl (C=O) groups excluding carboxylic acids is 3. The van der Waals surface area contributed by atoms with Gasteiger partial charge in [0.25, 0.3) is 0 Å². The standard InChI is InChI=1S/C24H21NO3S2/c1-17-7-13-23(30-17)22(27)12-9-20(26)10-14-24(28)25-19-5-2-4-18(16-19)8-11-21-6-3-15-29-21/h2-7,13,15-16H,9-10,12,14H2,1H3,(H,25,28). The Morgan fingerprint density at radius 2 is 1.77 bits per heavy atom. The van der Waals surface area contributed by atoms with Gasteiger partial charge in [-0.05, 0) is 48.7 Å². The first-order chi connectivity index (χ1) is 14.5. The lowest BCUT2D eigenvalue weighted by molar-refractivity contribution is -0.122. The van der Waals surface area contributed by atoms with E-state index in [1.165, 1.54) is 11.3 Å². The predicted octanol–water partition coefficient (Wildman–Crippen LogP) is 5.47. The molecule has 0 saturated heterocycles. The van der Waals surface area contributed by atoms with E-state index in [1.807, 2.05) is 48.7 Å². The van der Waals surface area contributed by atoms with Crippen molar-refractivity contribution in [2.45, 2.75) is 32.6 Å². The molecule has 2 heterocycles. The highest BCUT2D eigenvalue weighted by Crippen LogP contribution is 2.18. The lowest BCUT2D eigenvalue weighted by Crippen LogP contribution is -2.14. The van der Waals surface area contributed by atoms with Crippen molar-refractivity contribution in [1.29, 1.82) is 0 Å². The summed E-state index contributed by atoms with van der Waals surface area (Å²) in [4.78, 5) is 39.0. The van der Waals surface area contributed by atoms with Gasteiger partial charge in [0.05, 0.1) is 9.75 Å². The third-order valence-corrected chi connectivity index (χ3v) is 6.10. The molecule has 1 aromatic carbocycles. The van der Waals surface area contributed by atoms with Crippen LogP contribution in [-0.4, -0.2) is 17.5 Å². The van der Waals surface area contributed by atoms with Crippen LogP contribution in [0.15, 0.2) is 53.9 Å². The second-order valence-electron chi connectivity index (χ2n) is 6.73. The molecule has 0 saturated carbocycles. The highest BCUT2D eigenvalue weighted by atomic mass is 32.1. The van der Waals surface area contributed by atoms with E-state index in [2.05, 4.69) is 17.2 Å². The van der Waals surface area contributed by atoms with Gasteiger partial charge in [-0.25, -0.2) is 0 Å². The summed E-state index contributed by atoms with van der Waals surface area (Å²) in [5.74, 6) is 5.83. The first kappa shape index (κ1) is 21.7. The maximum Gasteiger partial charge on any atom is 0.224 e. The van der Waals surface area contributed by atoms with Crippen molar-refractivity contribution in [3.05, 3.63) is 74.1 Å². The summed E-state index contributed by atoms with van der Waals surface area (Å²) >= 11 is 3.01. The fourth-order valence-corrected chi connectivity index (χ4v) is 4.13. The van der Waals surface area contributed by atoms with Crippen molar-refractivity contribution < 1.29 is 14.4 Å². The molecule has 1 amide bonds. The maximum absolute atomic E-state index is 12.2. The molecular weight excluding hydrogens is 414 g/mol. The molecule has 0 spiro atoms. The van der Waals surface area contributed by atoms with Crippen LogP contribution in [0.4, 0.5) is 5.69 Å². The molecule has 3 rings (SSSR count). The molecule has 0 unspecified atom stereocenters. The topological polar surface area (TPSA) is 63.2 Å². The van der Waals surface area contributed by atoms with E-state index in [9.17, 15) is 14.4 Å². The van der Waals surface area contributed by atoms with Crippen LogP contribution in [0, 0.1) is 18.8 Å². The first-order valence-electron chi connectivity index (χ1n) is 9.56. The zero-order chi connectivity index (χ0) is 21.3. The summed E-state index contributed by atoms with van der Waals surface area (Å²) in [5.41, 5.74) is 1.45. The van der Waals surface area contributed by atoms with Crippen molar-refractivity contribution in [1.82, 2.24) is 0 Å². The molecule has 30 heavy (non-hydrogen) atoms. The smallest absolute Gasteiger partial charge is 0.224 e. The summed E-state index contributed by atoms with van der Waals surface area (Å²) in [6.07, 6.45) is 0.568. The average Bonchev–Trinajstić information content (AvgIpc) is 3.41. The monoisotopic (exact) mass is 435 g/mol. The maximum atomic E-state index is 12.2. The summed E-state index contributed by atoms with van der Waals surface area (Å²) in [6.45, 7) is 1.94. The molecule has 152 valence electrons. The SMILES string of the molecule is Cc1ccc(C(=O)CCC(=O)CCC(=O)Nc2cccc(C#Cc3cccs3)c2)s1. The van der Waals surface area contributed by atoms with Crippen molar-refractivity contribution in [3.8, 4) is 11.8 Å². The molecule has 4 nitrogen and oxygen atoms in total. The number of nitrogens with one attached hydrogen (secondary N) is 1. The fourth-order valence-electron chi connectivity index (χ4n) is 2.72. The average molecular weight is 436 g/mol. The molecule has 0 aliphatic rings. The first-order valence-corrected chi connectivity index (χ1v) is 11.3. The second-order valence-corrected chi connectivity index (χ2v) is 8.96. The van der Waals surface area contributed by atoms with Crippen LogP contribution < -0.4 is 5.32 Å². The summed E-state index contributed by atoms with van der Waals surface area (Å²) in [6, 6.07) is 14.9. The molecule has 0 atom stereocenters. The number of anilines is 1. The van der Waals surface area contributed by atoms with Crippen molar-refractivity contribution in [2.75, 3.05) is 5.32 Å². The highest BCUT2D eigenvalue weighted by molar-refractivity contribution is 7.14. The van der Waals surface area contributed by atoms with Crippen LogP contribution in [0.3, 0.4) is 0 Å². The molecule has 0 radical (unpaired) electrons. The predicted molar refractivity (Wildman–Crippen MR) is 122 cm³/mol. The number of rotatable bonds is 8. The third-order valence-electron chi connectivity index (χ3n) is 4.27. The Morgan fingerprint density at radius 3 is 2.50 bits per heavy atom. The molecule has 0 aliphatic heterocycles. The Kier molecular flexibility index (Phi) is 7.72. The number of aryl methyl sites for hydroxylation is 1. The lowest BCUT2D eigenvalue weighted by Gasteiger charge is -2.05. The molecule has 2 aromatic heterocycles. The van der Waals surface area contributed by atoms with E-state index in [0.29, 0.717) is 10.6 Å². The normalized spacial score (nSPS) is 10.2. The lowest BCUT2D eigenvalue weighted by atomic mass is 10.1. The zero-order valence-electron chi connectivity index (χ0n) is 16.6. The minimum atomic E-state index is -0.230. The molecule has 1 N–H and O–H groups in total. The van der Waals surface area contributed by atoms with Crippen molar-refractivity contribution >= 4 is 45.8 Å². The van der Waals surface area contributed by atoms with Crippen LogP contribution in [0.2, 0.25) is 0 Å². The molecule has 0 bridgehead atoms. The Balaban J connectivity index is 1.43. The number of benzene rings is 1. The number of carbonyl (C=O) groups is 3. The van der Waals surface area contributed by atoms with Gasteiger partial charge in [0.1, 0.15) is 5.78 Å². The number of amides is 1. The van der Waals surface area contributed by atoms with Crippen molar-refractivity contribution in [3.63, 3.8) is 0 Å². The number of hydrogen-bond donors (Lipinski definition) is 1. The fraction of sp³-hybridized carbons (Fsp3) is 0.208. The van der Waals surface area contributed by atoms with Gasteiger partial charge in [-0.3, -0.25) is 14.4 Å². The van der Waals surface area contributed by atoms with E-state index >= 15 is 0 Å². The Hall–Kier alpha value is -3.01. The zero-order valence-corrected chi connectivity index (χ0v) is 18.2. The molecule has 0 aliphatic carbocycles. The van der Waals surface area contributed by atoms with Crippen LogP contribution in [0.25, 0.3) is 0 Å². The second kappa shape index (κ2) is 10.7. The largest absolute Gasteiger partial charge is 0.326 e. The van der Waals surface area contributed by atoms with Gasteiger partial charge < -0.3 is 5.32 Å². The van der Waals surface area contributed by atoms with E-state index < -0.39 is 0 Å². The van der Waals surface area contributed by atoms with Gasteiger partial charge >= 0.3 is 0 Å². The Labute approximate surface area is 184 Å². The summed E-state index contributed by atoms with van der Waals surface area (Å²) in [7, 11) is 0. The number of hydrogen-bond acceptors (Lipinski definition) is 5. The van der Waals surface area contributed by atoms with Gasteiger partial charge in [-0.1, -0.05) is 24.0 Å². The molecular formula is C24H21NO3S2. The van der Waals surface area contributed by atoms with E-state index in [1.54, 1.807) is 23.5 Å². The van der Waals surface area contributed by atoms with Crippen LogP contribution >= 0.6 is 22.7 Å².